The number of rotatable bonds is 5. The van der Waals surface area contributed by atoms with Gasteiger partial charge in [0.2, 0.25) is 11.8 Å². The molecule has 1 saturated heterocycles. The van der Waals surface area contributed by atoms with Crippen LogP contribution in [-0.4, -0.2) is 46.1 Å². The van der Waals surface area contributed by atoms with Crippen molar-refractivity contribution in [2.24, 2.45) is 0 Å². The first-order valence-corrected chi connectivity index (χ1v) is 9.09. The summed E-state index contributed by atoms with van der Waals surface area (Å²) in [6.07, 6.45) is -0.271. The number of hydrogen-bond donors (Lipinski definition) is 1. The summed E-state index contributed by atoms with van der Waals surface area (Å²) in [5.74, 6) is -0.253. The Morgan fingerprint density at radius 2 is 2.04 bits per heavy atom. The summed E-state index contributed by atoms with van der Waals surface area (Å²) in [5, 5.41) is 3.26. The third-order valence-corrected chi connectivity index (χ3v) is 5.14. The van der Waals surface area contributed by atoms with Crippen LogP contribution in [0, 0.1) is 0 Å². The quantitative estimate of drug-likeness (QED) is 0.806. The monoisotopic (exact) mass is 373 g/mol. The highest BCUT2D eigenvalue weighted by atomic mass is 32.2. The first-order valence-electron chi connectivity index (χ1n) is 8.10. The van der Waals surface area contributed by atoms with Crippen LogP contribution in [0.2, 0.25) is 0 Å². The second-order valence-corrected chi connectivity index (χ2v) is 7.20. The van der Waals surface area contributed by atoms with Gasteiger partial charge in [-0.05, 0) is 37.8 Å². The number of thioether (sulfide) groups is 1. The molecule has 0 aromatic carbocycles. The van der Waals surface area contributed by atoms with Gasteiger partial charge in [0.25, 0.3) is 0 Å². The summed E-state index contributed by atoms with van der Waals surface area (Å²) in [5.41, 5.74) is -0.820. The van der Waals surface area contributed by atoms with E-state index < -0.39 is 17.8 Å². The zero-order chi connectivity index (χ0) is 18.0. The van der Waals surface area contributed by atoms with Crippen molar-refractivity contribution in [2.75, 3.05) is 12.3 Å². The molecule has 9 heteroatoms. The number of alkyl halides is 3. The first-order chi connectivity index (χ1) is 11.8. The Bertz CT molecular complexity index is 647. The maximum atomic E-state index is 12.5. The van der Waals surface area contributed by atoms with Crippen LogP contribution >= 0.6 is 11.8 Å². The third kappa shape index (κ3) is 4.65. The van der Waals surface area contributed by atoms with Crippen molar-refractivity contribution in [3.05, 3.63) is 23.9 Å². The van der Waals surface area contributed by atoms with Gasteiger partial charge in [0.1, 0.15) is 6.04 Å². The normalized spacial score (nSPS) is 20.6. The van der Waals surface area contributed by atoms with E-state index in [1.54, 1.807) is 4.90 Å². The highest BCUT2D eigenvalue weighted by Gasteiger charge is 2.36. The molecule has 5 nitrogen and oxygen atoms in total. The van der Waals surface area contributed by atoms with Gasteiger partial charge in [-0.3, -0.25) is 9.59 Å². The van der Waals surface area contributed by atoms with E-state index in [4.69, 9.17) is 0 Å². The Morgan fingerprint density at radius 1 is 1.28 bits per heavy atom. The molecule has 1 aliphatic carbocycles. The van der Waals surface area contributed by atoms with Gasteiger partial charge in [0, 0.05) is 18.8 Å². The number of likely N-dealkylation sites (tertiary alicyclic amines) is 1. The summed E-state index contributed by atoms with van der Waals surface area (Å²) in [6.45, 7) is 0.530. The van der Waals surface area contributed by atoms with E-state index in [0.29, 0.717) is 18.0 Å². The first kappa shape index (κ1) is 18.0. The summed E-state index contributed by atoms with van der Waals surface area (Å²) >= 11 is 1.07. The maximum absolute atomic E-state index is 12.5. The Kier molecular flexibility index (Phi) is 5.21. The molecule has 3 rings (SSSR count). The van der Waals surface area contributed by atoms with Crippen LogP contribution in [0.15, 0.2) is 23.4 Å². The fourth-order valence-electron chi connectivity index (χ4n) is 2.71. The number of nitrogens with one attached hydrogen (secondary N) is 1. The van der Waals surface area contributed by atoms with Gasteiger partial charge < -0.3 is 10.2 Å². The van der Waals surface area contributed by atoms with Crippen LogP contribution in [0.4, 0.5) is 13.2 Å². The fraction of sp³-hybridized carbons (Fsp3) is 0.562. The molecule has 2 heterocycles. The third-order valence-electron chi connectivity index (χ3n) is 4.21. The van der Waals surface area contributed by atoms with Crippen LogP contribution < -0.4 is 5.32 Å². The van der Waals surface area contributed by atoms with Crippen molar-refractivity contribution in [2.45, 2.75) is 49.0 Å². The Balaban J connectivity index is 1.53. The molecule has 1 saturated carbocycles. The molecule has 1 atom stereocenters. The highest BCUT2D eigenvalue weighted by molar-refractivity contribution is 7.99. The lowest BCUT2D eigenvalue weighted by molar-refractivity contribution is -0.138. The average molecular weight is 373 g/mol. The SMILES string of the molecule is O=C(NC1CC1)C1CCCN1C(=O)CSc1ccc(C(F)(F)F)cn1. The van der Waals surface area contributed by atoms with Gasteiger partial charge in [0.05, 0.1) is 16.3 Å². The molecule has 25 heavy (non-hydrogen) atoms. The molecule has 0 spiro atoms. The second kappa shape index (κ2) is 7.23. The maximum Gasteiger partial charge on any atom is 0.417 e. The van der Waals surface area contributed by atoms with Crippen LogP contribution in [0.3, 0.4) is 0 Å². The molecule has 2 aliphatic rings. The van der Waals surface area contributed by atoms with Crippen molar-refractivity contribution in [3.63, 3.8) is 0 Å². The van der Waals surface area contributed by atoms with Crippen molar-refractivity contribution >= 4 is 23.6 Å². The predicted octanol–water partition coefficient (Wildman–Crippen LogP) is 2.46. The molecule has 0 bridgehead atoms. The largest absolute Gasteiger partial charge is 0.417 e. The molecule has 2 amide bonds. The number of aromatic nitrogens is 1. The average Bonchev–Trinajstić information content (AvgIpc) is 3.24. The van der Waals surface area contributed by atoms with Crippen molar-refractivity contribution in [1.29, 1.82) is 0 Å². The minimum Gasteiger partial charge on any atom is -0.352 e. The van der Waals surface area contributed by atoms with Crippen LogP contribution in [0.5, 0.6) is 0 Å². The van der Waals surface area contributed by atoms with E-state index in [0.717, 1.165) is 43.3 Å². The van der Waals surface area contributed by atoms with Crippen molar-refractivity contribution in [3.8, 4) is 0 Å². The molecule has 1 unspecified atom stereocenters. The van der Waals surface area contributed by atoms with E-state index in [-0.39, 0.29) is 23.6 Å². The van der Waals surface area contributed by atoms with Crippen LogP contribution in [0.25, 0.3) is 0 Å². The summed E-state index contributed by atoms with van der Waals surface area (Å²) in [4.78, 5) is 29.9. The minimum atomic E-state index is -4.43. The van der Waals surface area contributed by atoms with E-state index in [9.17, 15) is 22.8 Å². The lowest BCUT2D eigenvalue weighted by Crippen LogP contribution is -2.47. The predicted molar refractivity (Wildman–Crippen MR) is 85.9 cm³/mol. The summed E-state index contributed by atoms with van der Waals surface area (Å²) < 4.78 is 37.5. The molecule has 0 radical (unpaired) electrons. The van der Waals surface area contributed by atoms with E-state index in [1.807, 2.05) is 0 Å². The Labute approximate surface area is 147 Å². The van der Waals surface area contributed by atoms with Gasteiger partial charge in [0.15, 0.2) is 0 Å². The molecule has 1 N–H and O–H groups in total. The molecule has 136 valence electrons. The minimum absolute atomic E-state index is 0.0472. The topological polar surface area (TPSA) is 62.3 Å². The number of carbonyl (C=O) groups is 2. The van der Waals surface area contributed by atoms with Gasteiger partial charge in [-0.15, -0.1) is 0 Å². The lowest BCUT2D eigenvalue weighted by Gasteiger charge is -2.23. The zero-order valence-corrected chi connectivity index (χ0v) is 14.2. The fourth-order valence-corrected chi connectivity index (χ4v) is 3.44. The number of amides is 2. The van der Waals surface area contributed by atoms with Crippen molar-refractivity contribution in [1.82, 2.24) is 15.2 Å². The number of hydrogen-bond acceptors (Lipinski definition) is 4. The second-order valence-electron chi connectivity index (χ2n) is 6.20. The van der Waals surface area contributed by atoms with Gasteiger partial charge in [-0.2, -0.15) is 13.2 Å². The molecule has 1 aromatic heterocycles. The molecule has 1 aromatic rings. The lowest BCUT2D eigenvalue weighted by atomic mass is 10.2. The van der Waals surface area contributed by atoms with E-state index >= 15 is 0 Å². The van der Waals surface area contributed by atoms with Gasteiger partial charge in [-0.25, -0.2) is 4.98 Å². The van der Waals surface area contributed by atoms with E-state index in [2.05, 4.69) is 10.3 Å². The highest BCUT2D eigenvalue weighted by Crippen LogP contribution is 2.30. The smallest absolute Gasteiger partial charge is 0.352 e. The Hall–Kier alpha value is -1.77. The molecular formula is C16H18F3N3O2S. The van der Waals surface area contributed by atoms with E-state index in [1.165, 1.54) is 6.07 Å². The summed E-state index contributed by atoms with van der Waals surface area (Å²) in [6, 6.07) is 2.01. The molecule has 1 aliphatic heterocycles. The number of carbonyl (C=O) groups excluding carboxylic acids is 2. The molecule has 2 fully saturated rings. The summed E-state index contributed by atoms with van der Waals surface area (Å²) in [7, 11) is 0. The van der Waals surface area contributed by atoms with Gasteiger partial charge in [-0.1, -0.05) is 11.8 Å². The zero-order valence-electron chi connectivity index (χ0n) is 13.4. The van der Waals surface area contributed by atoms with Crippen LogP contribution in [0.1, 0.15) is 31.2 Å². The number of pyridine rings is 1. The van der Waals surface area contributed by atoms with Crippen LogP contribution in [-0.2, 0) is 15.8 Å². The van der Waals surface area contributed by atoms with Crippen molar-refractivity contribution < 1.29 is 22.8 Å². The number of halogens is 3. The number of nitrogens with zero attached hydrogens (tertiary/aromatic N) is 2. The molecular weight excluding hydrogens is 355 g/mol. The standard InChI is InChI=1S/C16H18F3N3O2S/c17-16(18,19)10-3-6-13(20-8-10)25-9-14(23)22-7-1-2-12(22)15(24)21-11-4-5-11/h3,6,8,11-12H,1-2,4-5,7,9H2,(H,21,24). The Morgan fingerprint density at radius 3 is 2.64 bits per heavy atom. The van der Waals surface area contributed by atoms with Gasteiger partial charge >= 0.3 is 6.18 Å².